The zero-order valence-corrected chi connectivity index (χ0v) is 23.1. The number of amides is 2. The molecule has 0 aromatic carbocycles. The van der Waals surface area contributed by atoms with Crippen LogP contribution in [-0.4, -0.2) is 98.5 Å². The second-order valence-corrected chi connectivity index (χ2v) is 7.56. The molecule has 0 aromatic heterocycles. The fourth-order valence-corrected chi connectivity index (χ4v) is 2.39. The predicted molar refractivity (Wildman–Crippen MR) is 127 cm³/mol. The van der Waals surface area contributed by atoms with Crippen LogP contribution in [0.15, 0.2) is 24.3 Å². The van der Waals surface area contributed by atoms with Crippen molar-refractivity contribution >= 4 is 61.5 Å². The first kappa shape index (κ1) is 36.2. The van der Waals surface area contributed by atoms with Gasteiger partial charge < -0.3 is 29.6 Å². The van der Waals surface area contributed by atoms with Crippen molar-refractivity contribution in [2.75, 3.05) is 27.2 Å². The molecular formula is C24H40CaN2O6. The smallest absolute Gasteiger partial charge is 0.550 e. The molecule has 0 aliphatic carbocycles. The van der Waals surface area contributed by atoms with Crippen molar-refractivity contribution in [3.05, 3.63) is 24.3 Å². The average molecular weight is 493 g/mol. The van der Waals surface area contributed by atoms with Gasteiger partial charge in [-0.05, 0) is 37.8 Å². The van der Waals surface area contributed by atoms with Crippen molar-refractivity contribution in [1.82, 2.24) is 9.80 Å². The minimum Gasteiger partial charge on any atom is -0.550 e. The molecule has 0 fully saturated rings. The van der Waals surface area contributed by atoms with Crippen molar-refractivity contribution in [2.24, 2.45) is 0 Å². The Morgan fingerprint density at radius 3 is 1.27 bits per heavy atom. The fraction of sp³-hybridized carbons (Fsp3) is 0.667. The number of likely N-dealkylation sites (N-methyl/N-ethyl adjacent to an activating group) is 2. The first-order chi connectivity index (χ1) is 15.1. The molecule has 0 saturated carbocycles. The Morgan fingerprint density at radius 2 is 1.00 bits per heavy atom. The van der Waals surface area contributed by atoms with E-state index in [0.717, 1.165) is 38.5 Å². The van der Waals surface area contributed by atoms with E-state index in [2.05, 4.69) is 13.8 Å². The molecule has 0 N–H and O–H groups in total. The molecule has 0 heterocycles. The molecule has 0 aliphatic rings. The van der Waals surface area contributed by atoms with Gasteiger partial charge >= 0.3 is 37.7 Å². The molecule has 0 rings (SSSR count). The summed E-state index contributed by atoms with van der Waals surface area (Å²) in [5.74, 6) is -2.58. The van der Waals surface area contributed by atoms with Crippen LogP contribution in [0.2, 0.25) is 0 Å². The third-order valence-electron chi connectivity index (χ3n) is 4.52. The number of hydrogen-bond donors (Lipinski definition) is 0. The van der Waals surface area contributed by atoms with Gasteiger partial charge in [0.05, 0.1) is 0 Å². The third-order valence-corrected chi connectivity index (χ3v) is 4.52. The second kappa shape index (κ2) is 25.2. The Bertz CT molecular complexity index is 556. The first-order valence-corrected chi connectivity index (χ1v) is 11.4. The van der Waals surface area contributed by atoms with Gasteiger partial charge in [0, 0.05) is 52.0 Å². The van der Waals surface area contributed by atoms with Crippen LogP contribution in [0.1, 0.15) is 78.1 Å². The van der Waals surface area contributed by atoms with Crippen molar-refractivity contribution < 1.29 is 29.4 Å². The van der Waals surface area contributed by atoms with Gasteiger partial charge in [0.15, 0.2) is 0 Å². The summed E-state index contributed by atoms with van der Waals surface area (Å²) < 4.78 is 0. The van der Waals surface area contributed by atoms with E-state index in [1.54, 1.807) is 14.1 Å². The van der Waals surface area contributed by atoms with Crippen LogP contribution in [-0.2, 0) is 19.2 Å². The van der Waals surface area contributed by atoms with Gasteiger partial charge in [-0.2, -0.15) is 0 Å². The number of carboxylic acids is 2. The summed E-state index contributed by atoms with van der Waals surface area (Å²) in [5.41, 5.74) is 0. The Balaban J connectivity index is -0.000000529. The van der Waals surface area contributed by atoms with E-state index in [1.165, 1.54) is 34.8 Å². The van der Waals surface area contributed by atoms with E-state index in [1.807, 2.05) is 12.2 Å². The van der Waals surface area contributed by atoms with E-state index in [4.69, 9.17) is 0 Å². The molecule has 33 heavy (non-hydrogen) atoms. The van der Waals surface area contributed by atoms with Crippen molar-refractivity contribution in [3.8, 4) is 0 Å². The number of carbonyl (C=O) groups is 4. The zero-order valence-electron chi connectivity index (χ0n) is 20.8. The van der Waals surface area contributed by atoms with Crippen LogP contribution in [0.25, 0.3) is 0 Å². The number of aliphatic carboxylic acids is 2. The normalized spacial score (nSPS) is 10.3. The molecule has 0 saturated heterocycles. The topological polar surface area (TPSA) is 121 Å². The summed E-state index contributed by atoms with van der Waals surface area (Å²) in [6.45, 7) is 4.64. The third kappa shape index (κ3) is 26.8. The van der Waals surface area contributed by atoms with Crippen molar-refractivity contribution in [2.45, 2.75) is 78.1 Å². The van der Waals surface area contributed by atoms with Gasteiger partial charge in [0.2, 0.25) is 11.8 Å². The van der Waals surface area contributed by atoms with Gasteiger partial charge in [-0.1, -0.05) is 51.7 Å². The van der Waals surface area contributed by atoms with Crippen molar-refractivity contribution in [3.63, 3.8) is 0 Å². The van der Waals surface area contributed by atoms with Gasteiger partial charge in [0.25, 0.3) is 0 Å². The number of unbranched alkanes of at least 4 members (excludes halogenated alkanes) is 6. The van der Waals surface area contributed by atoms with Crippen LogP contribution >= 0.6 is 0 Å². The predicted octanol–water partition coefficient (Wildman–Crippen LogP) is 1.06. The van der Waals surface area contributed by atoms with E-state index in [9.17, 15) is 29.4 Å². The number of nitrogens with zero attached hydrogens (tertiary/aromatic N) is 2. The maximum absolute atomic E-state index is 11.4. The number of carboxylic acid groups (broad SMARTS) is 2. The monoisotopic (exact) mass is 492 g/mol. The van der Waals surface area contributed by atoms with E-state index in [-0.39, 0.29) is 75.5 Å². The molecule has 0 unspecified atom stereocenters. The molecule has 0 aliphatic heterocycles. The Hall–Kier alpha value is -1.38. The number of rotatable bonds is 16. The Labute approximate surface area is 229 Å². The van der Waals surface area contributed by atoms with Gasteiger partial charge in [0.1, 0.15) is 0 Å². The van der Waals surface area contributed by atoms with Crippen LogP contribution in [0.3, 0.4) is 0 Å². The molecule has 0 bridgehead atoms. The van der Waals surface area contributed by atoms with E-state index < -0.39 is 11.9 Å². The Kier molecular flexibility index (Phi) is 27.7. The van der Waals surface area contributed by atoms with E-state index >= 15 is 0 Å². The zero-order chi connectivity index (χ0) is 24.8. The van der Waals surface area contributed by atoms with Crippen LogP contribution < -0.4 is 10.2 Å². The summed E-state index contributed by atoms with van der Waals surface area (Å²) >= 11 is 0. The SMILES string of the molecule is CCCCC/C=C/C(=O)N(C)CCC(=O)[O-].CCCCC/C=C/C(=O)N(C)CCC(=O)[O-].[Ca+2]. The maximum Gasteiger partial charge on any atom is 2.00 e. The minimum absolute atomic E-state index is 0. The molecular weight excluding hydrogens is 452 g/mol. The summed E-state index contributed by atoms with van der Waals surface area (Å²) in [4.78, 5) is 46.0. The molecule has 0 radical (unpaired) electrons. The maximum atomic E-state index is 11.4. The largest absolute Gasteiger partial charge is 2.00 e. The quantitative estimate of drug-likeness (QED) is 0.180. The van der Waals surface area contributed by atoms with Crippen molar-refractivity contribution in [1.29, 1.82) is 0 Å². The number of hydrogen-bond acceptors (Lipinski definition) is 6. The van der Waals surface area contributed by atoms with Crippen LogP contribution in [0.5, 0.6) is 0 Å². The average Bonchev–Trinajstić information content (AvgIpc) is 2.75. The molecule has 8 nitrogen and oxygen atoms in total. The number of allylic oxidation sites excluding steroid dienone is 2. The molecule has 0 spiro atoms. The first-order valence-electron chi connectivity index (χ1n) is 11.4. The molecule has 9 heteroatoms. The Morgan fingerprint density at radius 1 is 0.667 bits per heavy atom. The molecule has 184 valence electrons. The standard InChI is InChI=1S/2C12H21NO3.Ca/c2*1-3-4-5-6-7-8-11(14)13(2)10-9-12(15)16;/h2*7-8H,3-6,9-10H2,1-2H3,(H,15,16);/q;;+2/p-2/b2*8-7+;. The molecule has 0 aromatic rings. The minimum atomic E-state index is -1.13. The van der Waals surface area contributed by atoms with E-state index in [0.29, 0.717) is 0 Å². The summed E-state index contributed by atoms with van der Waals surface area (Å²) in [6.07, 6.45) is 15.1. The fourth-order valence-electron chi connectivity index (χ4n) is 2.39. The van der Waals surface area contributed by atoms with Crippen LogP contribution in [0, 0.1) is 0 Å². The van der Waals surface area contributed by atoms with Gasteiger partial charge in [-0.3, -0.25) is 9.59 Å². The summed E-state index contributed by atoms with van der Waals surface area (Å²) in [5, 5.41) is 20.4. The summed E-state index contributed by atoms with van der Waals surface area (Å²) in [6, 6.07) is 0. The van der Waals surface area contributed by atoms with Gasteiger partial charge in [-0.25, -0.2) is 0 Å². The molecule has 0 atom stereocenters. The number of carbonyl (C=O) groups excluding carboxylic acids is 4. The van der Waals surface area contributed by atoms with Crippen LogP contribution in [0.4, 0.5) is 0 Å². The molecule has 2 amide bonds. The summed E-state index contributed by atoms with van der Waals surface area (Å²) in [7, 11) is 3.17. The second-order valence-electron chi connectivity index (χ2n) is 7.56. The van der Waals surface area contributed by atoms with Gasteiger partial charge in [-0.15, -0.1) is 0 Å².